The summed E-state index contributed by atoms with van der Waals surface area (Å²) in [6, 6.07) is 5.11. The molecular weight excluding hydrogens is 294 g/mol. The average Bonchev–Trinajstić information content (AvgIpc) is 2.96. The largest absolute Gasteiger partial charge is 0.443 e. The molecule has 0 aliphatic rings. The second-order valence-corrected chi connectivity index (χ2v) is 4.44. The van der Waals surface area contributed by atoms with Gasteiger partial charge < -0.3 is 10.2 Å². The van der Waals surface area contributed by atoms with Crippen molar-refractivity contribution in [3.8, 4) is 11.3 Å². The Morgan fingerprint density at radius 3 is 2.90 bits per heavy atom. The molecule has 0 saturated carbocycles. The van der Waals surface area contributed by atoms with E-state index in [-0.39, 0.29) is 5.84 Å². The molecule has 9 heteroatoms. The first-order valence-corrected chi connectivity index (χ1v) is 6.12. The summed E-state index contributed by atoms with van der Waals surface area (Å²) >= 11 is 6.15. The van der Waals surface area contributed by atoms with Crippen molar-refractivity contribution in [2.24, 2.45) is 16.1 Å². The molecule has 0 spiro atoms. The molecule has 0 amide bonds. The first-order valence-electron chi connectivity index (χ1n) is 5.74. The molecular formula is C12H8ClN7O. The summed E-state index contributed by atoms with van der Waals surface area (Å²) in [5.74, 6) is 0.0282. The van der Waals surface area contributed by atoms with Gasteiger partial charge in [0.05, 0.1) is 10.7 Å². The van der Waals surface area contributed by atoms with Gasteiger partial charge in [0.25, 0.3) is 0 Å². The fourth-order valence-electron chi connectivity index (χ4n) is 1.83. The second-order valence-electron chi connectivity index (χ2n) is 4.03. The lowest BCUT2D eigenvalue weighted by atomic mass is 10.1. The molecule has 1 aromatic carbocycles. The fourth-order valence-corrected chi connectivity index (χ4v) is 2.09. The minimum absolute atomic E-state index is 0.0282. The van der Waals surface area contributed by atoms with Gasteiger partial charge in [0.15, 0.2) is 17.8 Å². The van der Waals surface area contributed by atoms with E-state index in [1.54, 1.807) is 18.2 Å². The zero-order valence-electron chi connectivity index (χ0n) is 10.5. The summed E-state index contributed by atoms with van der Waals surface area (Å²) in [4.78, 5) is 12.2. The van der Waals surface area contributed by atoms with Crippen molar-refractivity contribution >= 4 is 28.5 Å². The molecule has 3 rings (SSSR count). The van der Waals surface area contributed by atoms with Gasteiger partial charge in [-0.1, -0.05) is 16.8 Å². The number of nitrogens with one attached hydrogen (secondary N) is 1. The zero-order valence-corrected chi connectivity index (χ0v) is 11.2. The number of amidine groups is 1. The predicted octanol–water partition coefficient (Wildman–Crippen LogP) is 2.59. The van der Waals surface area contributed by atoms with Gasteiger partial charge in [-0.05, 0) is 18.2 Å². The quantitative estimate of drug-likeness (QED) is 0.333. The lowest BCUT2D eigenvalue weighted by molar-refractivity contribution is 0.602. The third-order valence-corrected chi connectivity index (χ3v) is 3.06. The molecule has 0 fully saturated rings. The standard InChI is InChI=1S/C12H8ClN7O/c13-7-1-6(2-10-11(7)18-5-21-10)8-3-9(17-4-16-8)12(14)19-20-15/h1-5H,(H3,14,15,19). The topological polar surface area (TPSA) is 126 Å². The SMILES string of the molecule is N=NN=C(N)c1cc(-c2cc(Cl)c3ncoc3c2)ncn1. The van der Waals surface area contributed by atoms with E-state index in [0.29, 0.717) is 27.5 Å². The highest BCUT2D eigenvalue weighted by atomic mass is 35.5. The molecule has 21 heavy (non-hydrogen) atoms. The molecule has 3 N–H and O–H groups in total. The number of hydrogen-bond acceptors (Lipinski definition) is 6. The number of benzene rings is 1. The summed E-state index contributed by atoms with van der Waals surface area (Å²) in [5, 5.41) is 6.76. The molecule has 8 nitrogen and oxygen atoms in total. The molecule has 104 valence electrons. The summed E-state index contributed by atoms with van der Waals surface area (Å²) in [6.45, 7) is 0. The maximum absolute atomic E-state index is 6.68. The van der Waals surface area contributed by atoms with Crippen LogP contribution in [0, 0.1) is 5.53 Å². The average molecular weight is 302 g/mol. The summed E-state index contributed by atoms with van der Waals surface area (Å²) < 4.78 is 5.25. The van der Waals surface area contributed by atoms with Crippen LogP contribution in [0.2, 0.25) is 5.02 Å². The molecule has 3 aromatic rings. The number of rotatable bonds is 3. The number of nitrogens with zero attached hydrogens (tertiary/aromatic N) is 5. The molecule has 0 bridgehead atoms. The molecule has 0 aliphatic carbocycles. The third kappa shape index (κ3) is 2.43. The van der Waals surface area contributed by atoms with Gasteiger partial charge in [-0.2, -0.15) is 5.53 Å². The maximum atomic E-state index is 6.68. The number of halogens is 1. The Kier molecular flexibility index (Phi) is 3.28. The van der Waals surface area contributed by atoms with E-state index in [2.05, 4.69) is 25.3 Å². The smallest absolute Gasteiger partial charge is 0.182 e. The van der Waals surface area contributed by atoms with E-state index < -0.39 is 0 Å². The monoisotopic (exact) mass is 301 g/mol. The first-order chi connectivity index (χ1) is 10.2. The van der Waals surface area contributed by atoms with E-state index in [9.17, 15) is 0 Å². The van der Waals surface area contributed by atoms with Crippen molar-refractivity contribution in [2.45, 2.75) is 0 Å². The van der Waals surface area contributed by atoms with Crippen LogP contribution in [0.1, 0.15) is 5.69 Å². The Hall–Kier alpha value is -2.87. The minimum atomic E-state index is 0.0282. The van der Waals surface area contributed by atoms with E-state index >= 15 is 0 Å². The van der Waals surface area contributed by atoms with Gasteiger partial charge in [-0.25, -0.2) is 15.0 Å². The maximum Gasteiger partial charge on any atom is 0.182 e. The number of aromatic nitrogens is 3. The second kappa shape index (κ2) is 5.25. The van der Waals surface area contributed by atoms with E-state index in [0.717, 1.165) is 5.56 Å². The number of nitrogens with two attached hydrogens (primary N) is 1. The van der Waals surface area contributed by atoms with E-state index in [4.69, 9.17) is 27.3 Å². The number of hydrogen-bond donors (Lipinski definition) is 2. The van der Waals surface area contributed by atoms with Crippen LogP contribution in [-0.4, -0.2) is 20.8 Å². The Balaban J connectivity index is 2.12. The highest BCUT2D eigenvalue weighted by Gasteiger charge is 2.10. The predicted molar refractivity (Wildman–Crippen MR) is 75.9 cm³/mol. The van der Waals surface area contributed by atoms with Gasteiger partial charge >= 0.3 is 0 Å². The fraction of sp³-hybridized carbons (Fsp3) is 0. The molecule has 2 aromatic heterocycles. The van der Waals surface area contributed by atoms with Crippen molar-refractivity contribution < 1.29 is 4.42 Å². The van der Waals surface area contributed by atoms with Gasteiger partial charge in [0, 0.05) is 5.56 Å². The summed E-state index contributed by atoms with van der Waals surface area (Å²) in [7, 11) is 0. The molecule has 2 heterocycles. The van der Waals surface area contributed by atoms with Crippen molar-refractivity contribution in [3.05, 3.63) is 41.6 Å². The minimum Gasteiger partial charge on any atom is -0.443 e. The zero-order chi connectivity index (χ0) is 14.8. The van der Waals surface area contributed by atoms with Crippen LogP contribution in [0.15, 0.2) is 45.7 Å². The van der Waals surface area contributed by atoms with Crippen LogP contribution in [0.3, 0.4) is 0 Å². The van der Waals surface area contributed by atoms with Crippen LogP contribution in [0.5, 0.6) is 0 Å². The van der Waals surface area contributed by atoms with Crippen molar-refractivity contribution in [1.29, 1.82) is 5.53 Å². The van der Waals surface area contributed by atoms with Crippen LogP contribution in [-0.2, 0) is 0 Å². The Morgan fingerprint density at radius 2 is 2.10 bits per heavy atom. The van der Waals surface area contributed by atoms with Gasteiger partial charge in [0.1, 0.15) is 17.5 Å². The van der Waals surface area contributed by atoms with Crippen molar-refractivity contribution in [1.82, 2.24) is 15.0 Å². The Labute approximate surface area is 123 Å². The Morgan fingerprint density at radius 1 is 1.24 bits per heavy atom. The van der Waals surface area contributed by atoms with Gasteiger partial charge in [0.2, 0.25) is 0 Å². The molecule has 0 aliphatic heterocycles. The highest BCUT2D eigenvalue weighted by Crippen LogP contribution is 2.29. The molecule has 0 atom stereocenters. The first kappa shape index (κ1) is 13.1. The van der Waals surface area contributed by atoms with Crippen molar-refractivity contribution in [3.63, 3.8) is 0 Å². The van der Waals surface area contributed by atoms with Gasteiger partial charge in [-0.15, -0.1) is 5.10 Å². The molecule has 0 unspecified atom stereocenters. The van der Waals surface area contributed by atoms with Crippen LogP contribution in [0.25, 0.3) is 22.4 Å². The third-order valence-electron chi connectivity index (χ3n) is 2.77. The van der Waals surface area contributed by atoms with Crippen molar-refractivity contribution in [2.75, 3.05) is 0 Å². The van der Waals surface area contributed by atoms with E-state index in [1.165, 1.54) is 12.7 Å². The highest BCUT2D eigenvalue weighted by molar-refractivity contribution is 6.35. The Bertz CT molecular complexity index is 858. The molecule has 0 radical (unpaired) electrons. The number of oxazole rings is 1. The van der Waals surface area contributed by atoms with Crippen LogP contribution >= 0.6 is 11.6 Å². The lowest BCUT2D eigenvalue weighted by Crippen LogP contribution is -2.14. The van der Waals surface area contributed by atoms with Crippen LogP contribution < -0.4 is 5.73 Å². The van der Waals surface area contributed by atoms with E-state index in [1.807, 2.05) is 0 Å². The summed E-state index contributed by atoms with van der Waals surface area (Å²) in [6.07, 6.45) is 2.67. The van der Waals surface area contributed by atoms with Crippen LogP contribution in [0.4, 0.5) is 0 Å². The summed E-state index contributed by atoms with van der Waals surface area (Å²) in [5.41, 5.74) is 15.1. The van der Waals surface area contributed by atoms with Gasteiger partial charge in [-0.3, -0.25) is 0 Å². The normalized spacial score (nSPS) is 11.8. The molecule has 0 saturated heterocycles. The lowest BCUT2D eigenvalue weighted by Gasteiger charge is -2.03. The number of fused-ring (bicyclic) bond motifs is 1.